The van der Waals surface area contributed by atoms with Gasteiger partial charge in [-0.1, -0.05) is 36.7 Å². The number of rotatable bonds is 8. The van der Waals surface area contributed by atoms with Gasteiger partial charge in [-0.15, -0.1) is 0 Å². The number of amides is 2. The van der Waals surface area contributed by atoms with E-state index in [1.807, 2.05) is 26.0 Å². The third-order valence-corrected chi connectivity index (χ3v) is 5.25. The SMILES string of the molecule is CCCNC(=O)CCc1nc2ccccc2n(CC(=O)Nc2ccc(C)c(Cl)c2)c1=O. The minimum atomic E-state index is -0.376. The normalized spacial score (nSPS) is 10.8. The molecule has 162 valence electrons. The van der Waals surface area contributed by atoms with Gasteiger partial charge in [-0.05, 0) is 43.2 Å². The van der Waals surface area contributed by atoms with Crippen LogP contribution in [-0.4, -0.2) is 27.9 Å². The van der Waals surface area contributed by atoms with E-state index in [2.05, 4.69) is 15.6 Å². The molecule has 31 heavy (non-hydrogen) atoms. The Labute approximate surface area is 185 Å². The minimum absolute atomic E-state index is 0.128. The molecule has 8 heteroatoms. The van der Waals surface area contributed by atoms with E-state index in [0.717, 1.165) is 12.0 Å². The largest absolute Gasteiger partial charge is 0.356 e. The van der Waals surface area contributed by atoms with Crippen molar-refractivity contribution in [1.82, 2.24) is 14.9 Å². The highest BCUT2D eigenvalue weighted by molar-refractivity contribution is 6.31. The van der Waals surface area contributed by atoms with Crippen LogP contribution in [-0.2, 0) is 22.6 Å². The predicted molar refractivity (Wildman–Crippen MR) is 122 cm³/mol. The van der Waals surface area contributed by atoms with Crippen LogP contribution in [0.15, 0.2) is 47.3 Å². The number of para-hydroxylation sites is 2. The Morgan fingerprint density at radius 2 is 1.90 bits per heavy atom. The molecular weight excluding hydrogens is 416 g/mol. The Hall–Kier alpha value is -3.19. The molecule has 3 aromatic rings. The lowest BCUT2D eigenvalue weighted by atomic mass is 10.2. The Morgan fingerprint density at radius 3 is 2.65 bits per heavy atom. The molecule has 2 aromatic carbocycles. The minimum Gasteiger partial charge on any atom is -0.356 e. The van der Waals surface area contributed by atoms with Gasteiger partial charge >= 0.3 is 0 Å². The zero-order valence-corrected chi connectivity index (χ0v) is 18.3. The maximum absolute atomic E-state index is 13.1. The number of aryl methyl sites for hydroxylation is 2. The number of nitrogens with zero attached hydrogens (tertiary/aromatic N) is 2. The molecule has 2 N–H and O–H groups in total. The van der Waals surface area contributed by atoms with E-state index >= 15 is 0 Å². The number of anilines is 1. The van der Waals surface area contributed by atoms with Crippen molar-refractivity contribution in [3.05, 3.63) is 69.1 Å². The summed E-state index contributed by atoms with van der Waals surface area (Å²) in [6, 6.07) is 12.4. The molecule has 0 radical (unpaired) electrons. The monoisotopic (exact) mass is 440 g/mol. The molecular formula is C23H25ClN4O3. The molecule has 0 spiro atoms. The number of halogens is 1. The molecule has 0 saturated carbocycles. The summed E-state index contributed by atoms with van der Waals surface area (Å²) < 4.78 is 1.40. The van der Waals surface area contributed by atoms with Crippen LogP contribution < -0.4 is 16.2 Å². The maximum atomic E-state index is 13.1. The first-order valence-corrected chi connectivity index (χ1v) is 10.6. The first-order chi connectivity index (χ1) is 14.9. The zero-order valence-electron chi connectivity index (χ0n) is 17.6. The standard InChI is InChI=1S/C23H25ClN4O3/c1-3-12-25-21(29)11-10-19-23(31)28(20-7-5-4-6-18(20)27-19)14-22(30)26-16-9-8-15(2)17(24)13-16/h4-9,13H,3,10-12,14H2,1-2H3,(H,25,29)(H,26,30). The molecule has 0 bridgehead atoms. The van der Waals surface area contributed by atoms with E-state index in [9.17, 15) is 14.4 Å². The van der Waals surface area contributed by atoms with Crippen molar-refractivity contribution in [2.75, 3.05) is 11.9 Å². The quantitative estimate of drug-likeness (QED) is 0.561. The van der Waals surface area contributed by atoms with Crippen LogP contribution in [0.5, 0.6) is 0 Å². The molecule has 0 aliphatic rings. The number of aromatic nitrogens is 2. The van der Waals surface area contributed by atoms with E-state index in [1.54, 1.807) is 30.3 Å². The summed E-state index contributed by atoms with van der Waals surface area (Å²) in [7, 11) is 0. The van der Waals surface area contributed by atoms with Crippen molar-refractivity contribution in [3.8, 4) is 0 Å². The molecule has 0 atom stereocenters. The van der Waals surface area contributed by atoms with Crippen molar-refractivity contribution in [1.29, 1.82) is 0 Å². The lowest BCUT2D eigenvalue weighted by Crippen LogP contribution is -2.32. The lowest BCUT2D eigenvalue weighted by molar-refractivity contribution is -0.121. The summed E-state index contributed by atoms with van der Waals surface area (Å²) >= 11 is 6.13. The van der Waals surface area contributed by atoms with Crippen LogP contribution in [0.1, 0.15) is 31.0 Å². The van der Waals surface area contributed by atoms with Crippen LogP contribution >= 0.6 is 11.6 Å². The number of hydrogen-bond acceptors (Lipinski definition) is 4. The van der Waals surface area contributed by atoms with Crippen LogP contribution in [0.2, 0.25) is 5.02 Å². The average Bonchev–Trinajstić information content (AvgIpc) is 2.75. The van der Waals surface area contributed by atoms with Gasteiger partial charge in [-0.2, -0.15) is 0 Å². The number of carbonyl (C=O) groups excluding carboxylic acids is 2. The van der Waals surface area contributed by atoms with Crippen molar-refractivity contribution < 1.29 is 9.59 Å². The van der Waals surface area contributed by atoms with Gasteiger partial charge in [-0.25, -0.2) is 4.98 Å². The highest BCUT2D eigenvalue weighted by atomic mass is 35.5. The van der Waals surface area contributed by atoms with Gasteiger partial charge in [-0.3, -0.25) is 19.0 Å². The van der Waals surface area contributed by atoms with Gasteiger partial charge in [0, 0.05) is 30.1 Å². The molecule has 0 aliphatic carbocycles. The summed E-state index contributed by atoms with van der Waals surface area (Å²) in [5, 5.41) is 6.12. The van der Waals surface area contributed by atoms with Gasteiger partial charge in [0.15, 0.2) is 0 Å². The van der Waals surface area contributed by atoms with E-state index in [0.29, 0.717) is 28.3 Å². The zero-order chi connectivity index (χ0) is 22.4. The number of hydrogen-bond donors (Lipinski definition) is 2. The van der Waals surface area contributed by atoms with E-state index in [-0.39, 0.29) is 42.5 Å². The van der Waals surface area contributed by atoms with Crippen molar-refractivity contribution in [2.45, 2.75) is 39.7 Å². The highest BCUT2D eigenvalue weighted by Crippen LogP contribution is 2.20. The summed E-state index contributed by atoms with van der Waals surface area (Å²) in [6.45, 7) is 4.26. The molecule has 0 unspecified atom stereocenters. The van der Waals surface area contributed by atoms with Crippen LogP contribution in [0.3, 0.4) is 0 Å². The number of fused-ring (bicyclic) bond motifs is 1. The van der Waals surface area contributed by atoms with Crippen LogP contribution in [0, 0.1) is 6.92 Å². The Balaban J connectivity index is 1.85. The van der Waals surface area contributed by atoms with Crippen LogP contribution in [0.4, 0.5) is 5.69 Å². The smallest absolute Gasteiger partial charge is 0.273 e. The molecule has 2 amide bonds. The highest BCUT2D eigenvalue weighted by Gasteiger charge is 2.15. The fraction of sp³-hybridized carbons (Fsp3) is 0.304. The molecule has 0 aliphatic heterocycles. The van der Waals surface area contributed by atoms with Crippen molar-refractivity contribution >= 4 is 40.1 Å². The van der Waals surface area contributed by atoms with Gasteiger partial charge < -0.3 is 10.6 Å². The summed E-state index contributed by atoms with van der Waals surface area (Å²) in [6.07, 6.45) is 1.21. The fourth-order valence-corrected chi connectivity index (χ4v) is 3.35. The van der Waals surface area contributed by atoms with Gasteiger partial charge in [0.2, 0.25) is 11.8 Å². The lowest BCUT2D eigenvalue weighted by Gasteiger charge is -2.13. The maximum Gasteiger partial charge on any atom is 0.273 e. The first kappa shape index (κ1) is 22.5. The molecule has 7 nitrogen and oxygen atoms in total. The third-order valence-electron chi connectivity index (χ3n) is 4.84. The van der Waals surface area contributed by atoms with Gasteiger partial charge in [0.25, 0.3) is 5.56 Å². The van der Waals surface area contributed by atoms with E-state index in [4.69, 9.17) is 11.6 Å². The first-order valence-electron chi connectivity index (χ1n) is 10.2. The van der Waals surface area contributed by atoms with Crippen LogP contribution in [0.25, 0.3) is 11.0 Å². The molecule has 0 fully saturated rings. The second kappa shape index (κ2) is 10.2. The number of benzene rings is 2. The molecule has 3 rings (SSSR count). The van der Waals surface area contributed by atoms with E-state index in [1.165, 1.54) is 4.57 Å². The fourth-order valence-electron chi connectivity index (χ4n) is 3.16. The predicted octanol–water partition coefficient (Wildman–Crippen LogP) is 3.46. The summed E-state index contributed by atoms with van der Waals surface area (Å²) in [5.41, 5.74) is 2.50. The van der Waals surface area contributed by atoms with E-state index < -0.39 is 0 Å². The number of nitrogens with one attached hydrogen (secondary N) is 2. The Bertz CT molecular complexity index is 1170. The second-order valence-electron chi connectivity index (χ2n) is 7.30. The Morgan fingerprint density at radius 1 is 1.13 bits per heavy atom. The summed E-state index contributed by atoms with van der Waals surface area (Å²) in [4.78, 5) is 42.1. The van der Waals surface area contributed by atoms with Gasteiger partial charge in [0.1, 0.15) is 12.2 Å². The third kappa shape index (κ3) is 5.70. The van der Waals surface area contributed by atoms with Gasteiger partial charge in [0.05, 0.1) is 11.0 Å². The topological polar surface area (TPSA) is 93.1 Å². The number of carbonyl (C=O) groups is 2. The van der Waals surface area contributed by atoms with Crippen molar-refractivity contribution in [3.63, 3.8) is 0 Å². The average molecular weight is 441 g/mol. The molecule has 1 heterocycles. The molecule has 0 saturated heterocycles. The Kier molecular flexibility index (Phi) is 7.41. The van der Waals surface area contributed by atoms with Crippen molar-refractivity contribution in [2.24, 2.45) is 0 Å². The second-order valence-corrected chi connectivity index (χ2v) is 7.71. The molecule has 1 aromatic heterocycles. The summed E-state index contributed by atoms with van der Waals surface area (Å²) in [5.74, 6) is -0.484.